The zero-order chi connectivity index (χ0) is 10.0. The zero-order valence-corrected chi connectivity index (χ0v) is 7.60. The Morgan fingerprint density at radius 1 is 1.54 bits per heavy atom. The summed E-state index contributed by atoms with van der Waals surface area (Å²) < 4.78 is 13.2. The number of aryl methyl sites for hydroxylation is 2. The predicted molar refractivity (Wildman–Crippen MR) is 47.5 cm³/mol. The standard InChI is InChI=1S/C10H11FO2/c1-3-7-4-6(2)9(11)8(5-7)10(12)13/h4-5H,3H2,1-2H3,(H,12,13). The van der Waals surface area contributed by atoms with Crippen LogP contribution in [0.2, 0.25) is 0 Å². The Balaban J connectivity index is 3.33. The maximum atomic E-state index is 13.2. The van der Waals surface area contributed by atoms with Crippen LogP contribution < -0.4 is 0 Å². The van der Waals surface area contributed by atoms with Crippen molar-refractivity contribution >= 4 is 5.97 Å². The number of hydrogen-bond donors (Lipinski definition) is 1. The molecule has 0 heterocycles. The first-order valence-electron chi connectivity index (χ1n) is 4.08. The smallest absolute Gasteiger partial charge is 0.338 e. The molecule has 0 atom stereocenters. The molecule has 3 heteroatoms. The SMILES string of the molecule is CCc1cc(C)c(F)c(C(=O)O)c1. The van der Waals surface area contributed by atoms with Gasteiger partial charge in [-0.3, -0.25) is 0 Å². The molecule has 13 heavy (non-hydrogen) atoms. The van der Waals surface area contributed by atoms with Crippen molar-refractivity contribution in [2.24, 2.45) is 0 Å². The van der Waals surface area contributed by atoms with Gasteiger partial charge in [-0.2, -0.15) is 0 Å². The van der Waals surface area contributed by atoms with Crippen LogP contribution in [0, 0.1) is 12.7 Å². The van der Waals surface area contributed by atoms with E-state index in [0.29, 0.717) is 12.0 Å². The van der Waals surface area contributed by atoms with Crippen LogP contribution in [0.25, 0.3) is 0 Å². The molecule has 1 rings (SSSR count). The first kappa shape index (κ1) is 9.71. The summed E-state index contributed by atoms with van der Waals surface area (Å²) in [6.07, 6.45) is 0.710. The molecule has 0 aromatic heterocycles. The van der Waals surface area contributed by atoms with E-state index in [4.69, 9.17) is 5.11 Å². The number of hydrogen-bond acceptors (Lipinski definition) is 1. The fraction of sp³-hybridized carbons (Fsp3) is 0.300. The van der Waals surface area contributed by atoms with Gasteiger partial charge in [0.05, 0.1) is 5.56 Å². The average molecular weight is 182 g/mol. The second-order valence-corrected chi connectivity index (χ2v) is 2.93. The molecule has 0 aliphatic rings. The number of aromatic carboxylic acids is 1. The molecule has 0 aliphatic heterocycles. The van der Waals surface area contributed by atoms with Gasteiger partial charge in [0.2, 0.25) is 0 Å². The monoisotopic (exact) mass is 182 g/mol. The summed E-state index contributed by atoms with van der Waals surface area (Å²) in [4.78, 5) is 10.6. The number of rotatable bonds is 2. The van der Waals surface area contributed by atoms with E-state index >= 15 is 0 Å². The van der Waals surface area contributed by atoms with Crippen LogP contribution in [-0.2, 0) is 6.42 Å². The molecule has 0 bridgehead atoms. The molecule has 0 unspecified atom stereocenters. The molecule has 1 N–H and O–H groups in total. The maximum absolute atomic E-state index is 13.2. The van der Waals surface area contributed by atoms with Gasteiger partial charge in [-0.25, -0.2) is 9.18 Å². The minimum absolute atomic E-state index is 0.239. The fourth-order valence-corrected chi connectivity index (χ4v) is 1.20. The van der Waals surface area contributed by atoms with Gasteiger partial charge in [0.15, 0.2) is 0 Å². The Morgan fingerprint density at radius 3 is 2.62 bits per heavy atom. The number of carboxylic acids is 1. The van der Waals surface area contributed by atoms with Gasteiger partial charge in [0, 0.05) is 0 Å². The summed E-state index contributed by atoms with van der Waals surface area (Å²) >= 11 is 0. The first-order chi connectivity index (χ1) is 6.06. The maximum Gasteiger partial charge on any atom is 0.338 e. The topological polar surface area (TPSA) is 37.3 Å². The lowest BCUT2D eigenvalue weighted by Gasteiger charge is -2.04. The van der Waals surface area contributed by atoms with Crippen LogP contribution in [0.1, 0.15) is 28.4 Å². The molecule has 0 radical (unpaired) electrons. The largest absolute Gasteiger partial charge is 0.478 e. The average Bonchev–Trinajstić information content (AvgIpc) is 2.09. The van der Waals surface area contributed by atoms with E-state index in [0.717, 1.165) is 5.56 Å². The summed E-state index contributed by atoms with van der Waals surface area (Å²) in [7, 11) is 0. The van der Waals surface area contributed by atoms with Gasteiger partial charge >= 0.3 is 5.97 Å². The van der Waals surface area contributed by atoms with Gasteiger partial charge in [0.25, 0.3) is 0 Å². The molecule has 1 aromatic carbocycles. The molecule has 2 nitrogen and oxygen atoms in total. The van der Waals surface area contributed by atoms with Crippen molar-refractivity contribution in [1.29, 1.82) is 0 Å². The molecule has 0 fully saturated rings. The van der Waals surface area contributed by atoms with Crippen molar-refractivity contribution in [3.05, 3.63) is 34.6 Å². The van der Waals surface area contributed by atoms with E-state index in [9.17, 15) is 9.18 Å². The van der Waals surface area contributed by atoms with Gasteiger partial charge in [-0.15, -0.1) is 0 Å². The van der Waals surface area contributed by atoms with Crippen molar-refractivity contribution in [2.45, 2.75) is 20.3 Å². The Morgan fingerprint density at radius 2 is 2.15 bits per heavy atom. The van der Waals surface area contributed by atoms with Crippen LogP contribution in [0.3, 0.4) is 0 Å². The van der Waals surface area contributed by atoms with Crippen molar-refractivity contribution < 1.29 is 14.3 Å². The molecule has 0 amide bonds. The van der Waals surface area contributed by atoms with Gasteiger partial charge < -0.3 is 5.11 Å². The molecular formula is C10H11FO2. The van der Waals surface area contributed by atoms with E-state index in [2.05, 4.69) is 0 Å². The highest BCUT2D eigenvalue weighted by molar-refractivity contribution is 5.88. The predicted octanol–water partition coefficient (Wildman–Crippen LogP) is 2.39. The highest BCUT2D eigenvalue weighted by Crippen LogP contribution is 2.15. The zero-order valence-electron chi connectivity index (χ0n) is 7.60. The molecule has 70 valence electrons. The lowest BCUT2D eigenvalue weighted by Crippen LogP contribution is -2.03. The Kier molecular flexibility index (Phi) is 2.66. The first-order valence-corrected chi connectivity index (χ1v) is 4.08. The van der Waals surface area contributed by atoms with Crippen LogP contribution >= 0.6 is 0 Å². The normalized spacial score (nSPS) is 10.1. The summed E-state index contributed by atoms with van der Waals surface area (Å²) in [6.45, 7) is 3.47. The van der Waals surface area contributed by atoms with Gasteiger partial charge in [-0.05, 0) is 30.5 Å². The quantitative estimate of drug-likeness (QED) is 0.762. The number of carbonyl (C=O) groups is 1. The third kappa shape index (κ3) is 1.86. The van der Waals surface area contributed by atoms with E-state index in [1.807, 2.05) is 6.92 Å². The van der Waals surface area contributed by atoms with Crippen LogP contribution in [0.4, 0.5) is 4.39 Å². The van der Waals surface area contributed by atoms with Crippen LogP contribution in [0.5, 0.6) is 0 Å². The lowest BCUT2D eigenvalue weighted by atomic mass is 10.0. The number of carboxylic acid groups (broad SMARTS) is 1. The summed E-state index contributed by atoms with van der Waals surface area (Å²) in [6, 6.07) is 3.05. The molecule has 0 aliphatic carbocycles. The highest BCUT2D eigenvalue weighted by Gasteiger charge is 2.12. The molecular weight excluding hydrogens is 171 g/mol. The Hall–Kier alpha value is -1.38. The van der Waals surface area contributed by atoms with Crippen molar-refractivity contribution in [3.8, 4) is 0 Å². The van der Waals surface area contributed by atoms with Crippen molar-refractivity contribution in [2.75, 3.05) is 0 Å². The molecule has 1 aromatic rings. The molecule has 0 spiro atoms. The molecule has 0 saturated carbocycles. The minimum atomic E-state index is -1.21. The van der Waals surface area contributed by atoms with E-state index < -0.39 is 11.8 Å². The number of halogens is 1. The van der Waals surface area contributed by atoms with E-state index in [1.165, 1.54) is 6.07 Å². The van der Waals surface area contributed by atoms with E-state index in [1.54, 1.807) is 13.0 Å². The second-order valence-electron chi connectivity index (χ2n) is 2.93. The van der Waals surface area contributed by atoms with Crippen LogP contribution in [-0.4, -0.2) is 11.1 Å². The van der Waals surface area contributed by atoms with Gasteiger partial charge in [0.1, 0.15) is 5.82 Å². The second kappa shape index (κ2) is 3.56. The van der Waals surface area contributed by atoms with Crippen molar-refractivity contribution in [1.82, 2.24) is 0 Å². The van der Waals surface area contributed by atoms with Crippen molar-refractivity contribution in [3.63, 3.8) is 0 Å². The molecule has 0 saturated heterocycles. The third-order valence-corrected chi connectivity index (χ3v) is 1.95. The Bertz CT molecular complexity index is 345. The fourth-order valence-electron chi connectivity index (χ4n) is 1.20. The van der Waals surface area contributed by atoms with E-state index in [-0.39, 0.29) is 5.56 Å². The Labute approximate surface area is 76.0 Å². The summed E-state index contributed by atoms with van der Waals surface area (Å²) in [5.74, 6) is -1.85. The minimum Gasteiger partial charge on any atom is -0.478 e. The summed E-state index contributed by atoms with van der Waals surface area (Å²) in [5, 5.41) is 8.67. The highest BCUT2D eigenvalue weighted by atomic mass is 19.1. The lowest BCUT2D eigenvalue weighted by molar-refractivity contribution is 0.0691. The third-order valence-electron chi connectivity index (χ3n) is 1.95. The summed E-state index contributed by atoms with van der Waals surface area (Å²) in [5.41, 5.74) is 0.991. The number of benzene rings is 1. The van der Waals surface area contributed by atoms with Gasteiger partial charge in [-0.1, -0.05) is 13.0 Å². The van der Waals surface area contributed by atoms with Crippen LogP contribution in [0.15, 0.2) is 12.1 Å².